The molecule has 23 heteroatoms. The molecule has 3 fully saturated rings. The molecule has 7 heterocycles. The lowest BCUT2D eigenvalue weighted by Crippen LogP contribution is -2.35. The summed E-state index contributed by atoms with van der Waals surface area (Å²) in [7, 11) is -9.85. The molecule has 0 aromatic carbocycles. The van der Waals surface area contributed by atoms with Crippen molar-refractivity contribution in [2.75, 3.05) is 18.9 Å². The number of hydrogen-bond acceptors (Lipinski definition) is 16. The van der Waals surface area contributed by atoms with Crippen molar-refractivity contribution in [1.82, 2.24) is 33.9 Å². The van der Waals surface area contributed by atoms with Crippen molar-refractivity contribution in [3.63, 3.8) is 0 Å². The molecule has 0 saturated carbocycles. The lowest BCUT2D eigenvalue weighted by molar-refractivity contribution is -0.0608. The van der Waals surface area contributed by atoms with E-state index >= 15 is 4.39 Å². The SMILES string of the molecule is Nc1ncnc2c([C@H]3C[C@@H]4OP(=O)(O)OC[C@H]5O[C@@H](n6cnc7c(=O)[nH]cnc76)[C@H](F)[C@@H]5OP(=O)(O)OC[C@H]4O3)snc12. The number of aromatic amines is 1. The van der Waals surface area contributed by atoms with Crippen molar-refractivity contribution in [1.29, 1.82) is 0 Å². The van der Waals surface area contributed by atoms with Crippen molar-refractivity contribution >= 4 is 55.2 Å². The quantitative estimate of drug-likeness (QED) is 0.217. The minimum Gasteiger partial charge on any atom is -0.382 e. The number of nitrogens with zero attached hydrogens (tertiary/aromatic N) is 6. The summed E-state index contributed by atoms with van der Waals surface area (Å²) in [6.07, 6.45) is -6.80. The summed E-state index contributed by atoms with van der Waals surface area (Å²) in [6, 6.07) is 0. The zero-order chi connectivity index (χ0) is 30.1. The van der Waals surface area contributed by atoms with Crippen molar-refractivity contribution in [2.45, 2.75) is 49.3 Å². The maximum Gasteiger partial charge on any atom is 0.472 e. The topological polar surface area (TPSA) is 258 Å². The number of ether oxygens (including phenoxy) is 2. The van der Waals surface area contributed by atoms with Gasteiger partial charge in [-0.3, -0.25) is 27.5 Å². The van der Waals surface area contributed by atoms with Crippen LogP contribution < -0.4 is 11.3 Å². The van der Waals surface area contributed by atoms with Gasteiger partial charge in [0.15, 0.2) is 29.4 Å². The molecule has 43 heavy (non-hydrogen) atoms. The lowest BCUT2D eigenvalue weighted by atomic mass is 10.1. The number of fused-ring (bicyclic) bond motifs is 4. The molecule has 0 spiro atoms. The van der Waals surface area contributed by atoms with E-state index in [1.54, 1.807) is 0 Å². The van der Waals surface area contributed by atoms with Gasteiger partial charge in [0.1, 0.15) is 41.8 Å². The van der Waals surface area contributed by atoms with Gasteiger partial charge in [-0.05, 0) is 11.5 Å². The van der Waals surface area contributed by atoms with Crippen LogP contribution in [0.2, 0.25) is 0 Å². The number of nitrogens with one attached hydrogen (secondary N) is 1. The Morgan fingerprint density at radius 2 is 1.77 bits per heavy atom. The van der Waals surface area contributed by atoms with Crippen molar-refractivity contribution in [3.8, 4) is 0 Å². The summed E-state index contributed by atoms with van der Waals surface area (Å²) in [5, 5.41) is 0. The summed E-state index contributed by atoms with van der Waals surface area (Å²) in [5.41, 5.74) is 5.86. The van der Waals surface area contributed by atoms with Crippen LogP contribution >= 0.6 is 27.2 Å². The molecular formula is C20H21FN8O11P2S. The third-order valence-corrected chi connectivity index (χ3v) is 9.97. The van der Waals surface area contributed by atoms with Gasteiger partial charge in [-0.2, -0.15) is 4.37 Å². The minimum atomic E-state index is -5.00. The van der Waals surface area contributed by atoms with Crippen LogP contribution in [0.5, 0.6) is 0 Å². The first-order valence-electron chi connectivity index (χ1n) is 12.5. The molecule has 19 nitrogen and oxygen atoms in total. The summed E-state index contributed by atoms with van der Waals surface area (Å²) >= 11 is 1.02. The van der Waals surface area contributed by atoms with Crippen LogP contribution in [0.15, 0.2) is 23.8 Å². The maximum absolute atomic E-state index is 15.8. The fourth-order valence-corrected chi connectivity index (χ4v) is 7.89. The fourth-order valence-electron chi connectivity index (χ4n) is 5.10. The molecule has 0 amide bonds. The molecule has 4 aromatic rings. The number of alkyl halides is 1. The number of imidazole rings is 1. The molecule has 5 N–H and O–H groups in total. The van der Waals surface area contributed by atoms with Gasteiger partial charge in [-0.15, -0.1) is 0 Å². The van der Waals surface area contributed by atoms with Gasteiger partial charge in [-0.1, -0.05) is 0 Å². The molecule has 4 aromatic heterocycles. The normalized spacial score (nSPS) is 37.1. The smallest absolute Gasteiger partial charge is 0.382 e. The second-order valence-electron chi connectivity index (χ2n) is 9.71. The number of hydrogen-bond donors (Lipinski definition) is 4. The highest BCUT2D eigenvalue weighted by molar-refractivity contribution is 7.47. The van der Waals surface area contributed by atoms with Gasteiger partial charge in [0.05, 0.1) is 36.8 Å². The third-order valence-electron chi connectivity index (χ3n) is 7.05. The molecule has 3 saturated heterocycles. The van der Waals surface area contributed by atoms with Crippen molar-refractivity contribution in [3.05, 3.63) is 34.2 Å². The molecule has 7 rings (SSSR count). The number of aromatic nitrogens is 7. The second kappa shape index (κ2) is 10.7. The average molecular weight is 662 g/mol. The van der Waals surface area contributed by atoms with E-state index < -0.39 is 77.3 Å². The van der Waals surface area contributed by atoms with Crippen LogP contribution in [0.25, 0.3) is 22.2 Å². The molecule has 3 aliphatic heterocycles. The summed E-state index contributed by atoms with van der Waals surface area (Å²) in [6.45, 7) is -1.45. The van der Waals surface area contributed by atoms with Gasteiger partial charge >= 0.3 is 15.6 Å². The molecule has 0 radical (unpaired) electrons. The van der Waals surface area contributed by atoms with Crippen molar-refractivity contribution < 1.29 is 50.9 Å². The predicted molar refractivity (Wildman–Crippen MR) is 140 cm³/mol. The Bertz CT molecular complexity index is 1860. The molecule has 2 unspecified atom stereocenters. The number of nitrogens with two attached hydrogens (primary N) is 1. The van der Waals surface area contributed by atoms with Gasteiger partial charge in [0.25, 0.3) is 5.56 Å². The van der Waals surface area contributed by atoms with Crippen molar-refractivity contribution in [2.24, 2.45) is 0 Å². The molecule has 230 valence electrons. The Hall–Kier alpha value is -2.81. The Morgan fingerprint density at radius 3 is 2.58 bits per heavy atom. The molecule has 9 atom stereocenters. The predicted octanol–water partition coefficient (Wildman–Crippen LogP) is 0.885. The number of nitrogen functional groups attached to an aromatic ring is 1. The van der Waals surface area contributed by atoms with E-state index in [0.29, 0.717) is 15.9 Å². The van der Waals surface area contributed by atoms with E-state index in [0.717, 1.165) is 28.8 Å². The monoisotopic (exact) mass is 662 g/mol. The van der Waals surface area contributed by atoms with Gasteiger partial charge in [0.2, 0.25) is 0 Å². The average Bonchev–Trinajstić information content (AvgIpc) is 3.72. The van der Waals surface area contributed by atoms with Crippen LogP contribution in [0, 0.1) is 0 Å². The second-order valence-corrected chi connectivity index (χ2v) is 13.3. The molecular weight excluding hydrogens is 641 g/mol. The third kappa shape index (κ3) is 5.29. The largest absolute Gasteiger partial charge is 0.472 e. The zero-order valence-electron chi connectivity index (χ0n) is 21.4. The number of anilines is 1. The lowest BCUT2D eigenvalue weighted by Gasteiger charge is -2.27. The standard InChI is InChI=1S/C20H21FN8O11P2S/c21-11-15-10(38-20(11)29-6-27-14-18(29)25-5-26-19(14)30)3-36-41(31,32)39-7-1-8(37-9(7)2-35-42(33,34)40-15)16-12-13(28-43-16)17(22)24-4-23-12/h4-11,15,20H,1-3H2,(H,31,32)(H,33,34)(H2,22,23,24)(H,25,26,30)/t7-,8+,9+,10+,11+,15+,20+/m0/s1. The summed E-state index contributed by atoms with van der Waals surface area (Å²) < 4.78 is 79.6. The van der Waals surface area contributed by atoms with Crippen LogP contribution in [0.3, 0.4) is 0 Å². The number of halogens is 1. The number of phosphoric acid groups is 2. The first-order chi connectivity index (χ1) is 20.5. The first-order valence-corrected chi connectivity index (χ1v) is 16.3. The first kappa shape index (κ1) is 28.9. The minimum absolute atomic E-state index is 0.0171. The highest BCUT2D eigenvalue weighted by Gasteiger charge is 2.53. The number of rotatable bonds is 2. The Kier molecular flexibility index (Phi) is 7.18. The molecule has 3 aliphatic rings. The van der Waals surface area contributed by atoms with Gasteiger partial charge < -0.3 is 30.0 Å². The summed E-state index contributed by atoms with van der Waals surface area (Å²) in [4.78, 5) is 51.9. The Labute approximate surface area is 242 Å². The molecule has 0 bridgehead atoms. The van der Waals surface area contributed by atoms with Gasteiger partial charge in [0, 0.05) is 6.42 Å². The Morgan fingerprint density at radius 1 is 1.00 bits per heavy atom. The zero-order valence-corrected chi connectivity index (χ0v) is 24.0. The van der Waals surface area contributed by atoms with Crippen LogP contribution in [0.1, 0.15) is 23.6 Å². The van der Waals surface area contributed by atoms with Crippen LogP contribution in [-0.2, 0) is 36.7 Å². The highest BCUT2D eigenvalue weighted by Crippen LogP contribution is 2.54. The molecule has 0 aliphatic carbocycles. The number of phosphoric ester groups is 2. The van der Waals surface area contributed by atoms with E-state index in [1.165, 1.54) is 6.33 Å². The highest BCUT2D eigenvalue weighted by atomic mass is 32.1. The van der Waals surface area contributed by atoms with E-state index in [4.69, 9.17) is 33.3 Å². The van der Waals surface area contributed by atoms with Crippen LogP contribution in [0.4, 0.5) is 10.2 Å². The van der Waals surface area contributed by atoms with E-state index in [9.17, 15) is 23.7 Å². The van der Waals surface area contributed by atoms with E-state index in [-0.39, 0.29) is 23.4 Å². The number of H-pyrrole nitrogens is 1. The van der Waals surface area contributed by atoms with E-state index in [1.807, 2.05) is 0 Å². The van der Waals surface area contributed by atoms with E-state index in [2.05, 4.69) is 29.3 Å². The van der Waals surface area contributed by atoms with Gasteiger partial charge in [-0.25, -0.2) is 33.5 Å². The fraction of sp³-hybridized carbons (Fsp3) is 0.500. The Balaban J connectivity index is 1.15. The van der Waals surface area contributed by atoms with Crippen LogP contribution in [-0.4, -0.2) is 87.4 Å². The maximum atomic E-state index is 15.8. The summed E-state index contributed by atoms with van der Waals surface area (Å²) in [5.74, 6) is 0.149.